The van der Waals surface area contributed by atoms with Crippen molar-refractivity contribution >= 4 is 33.3 Å². The van der Waals surface area contributed by atoms with Gasteiger partial charge in [-0.25, -0.2) is 13.2 Å². The number of hydrogen-bond acceptors (Lipinski definition) is 4. The second kappa shape index (κ2) is 6.65. The number of carboxylic acid groups (broad SMARTS) is 1. The highest BCUT2D eigenvalue weighted by Gasteiger charge is 2.36. The molecule has 1 N–H and O–H groups in total. The number of aryl methyl sites for hydroxylation is 1. The summed E-state index contributed by atoms with van der Waals surface area (Å²) in [6.45, 7) is 2.04. The molecule has 1 aromatic heterocycles. The van der Waals surface area contributed by atoms with E-state index in [4.69, 9.17) is 11.6 Å². The first-order valence-electron chi connectivity index (χ1n) is 8.55. The number of para-hydroxylation sites is 1. The molecule has 28 heavy (non-hydrogen) atoms. The monoisotopic (exact) mass is 417 g/mol. The number of aromatic carboxylic acids is 1. The Bertz CT molecular complexity index is 1190. The van der Waals surface area contributed by atoms with Crippen molar-refractivity contribution in [3.63, 3.8) is 0 Å². The highest BCUT2D eigenvalue weighted by atomic mass is 35.5. The van der Waals surface area contributed by atoms with Crippen LogP contribution in [-0.2, 0) is 23.1 Å². The zero-order valence-electron chi connectivity index (χ0n) is 14.8. The lowest BCUT2D eigenvalue weighted by Gasteiger charge is -2.30. The topological polar surface area (TPSA) is 92.5 Å². The Hall–Kier alpha value is -2.84. The van der Waals surface area contributed by atoms with Crippen molar-refractivity contribution in [3.05, 3.63) is 64.8 Å². The third kappa shape index (κ3) is 2.76. The minimum Gasteiger partial charge on any atom is -0.477 e. The maximum Gasteiger partial charge on any atom is 0.354 e. The van der Waals surface area contributed by atoms with Crippen LogP contribution in [0.25, 0.3) is 11.3 Å². The maximum atomic E-state index is 13.3. The van der Waals surface area contributed by atoms with Crippen LogP contribution in [0.15, 0.2) is 53.4 Å². The summed E-state index contributed by atoms with van der Waals surface area (Å²) in [5.74, 6) is -1.14. The Morgan fingerprint density at radius 2 is 1.86 bits per heavy atom. The van der Waals surface area contributed by atoms with E-state index in [1.165, 1.54) is 33.3 Å². The van der Waals surface area contributed by atoms with Crippen LogP contribution >= 0.6 is 11.6 Å². The summed E-state index contributed by atoms with van der Waals surface area (Å²) in [5.41, 5.74) is 1.92. The first kappa shape index (κ1) is 18.5. The van der Waals surface area contributed by atoms with E-state index in [1.807, 2.05) is 0 Å². The molecule has 7 nitrogen and oxygen atoms in total. The molecule has 3 aromatic rings. The lowest BCUT2D eigenvalue weighted by atomic mass is 10.00. The number of benzene rings is 2. The van der Waals surface area contributed by atoms with Crippen LogP contribution in [0, 0.1) is 0 Å². The van der Waals surface area contributed by atoms with Gasteiger partial charge in [-0.15, -0.1) is 0 Å². The Balaban J connectivity index is 1.94. The Kier molecular flexibility index (Phi) is 4.40. The summed E-state index contributed by atoms with van der Waals surface area (Å²) in [5, 5.41) is 14.5. The zero-order valence-corrected chi connectivity index (χ0v) is 16.4. The number of carboxylic acids is 1. The Labute approximate surface area is 166 Å². The minimum atomic E-state index is -3.93. The van der Waals surface area contributed by atoms with Gasteiger partial charge in [0.05, 0.1) is 17.1 Å². The van der Waals surface area contributed by atoms with Crippen LogP contribution in [-0.4, -0.2) is 29.3 Å². The number of hydrogen-bond donors (Lipinski definition) is 1. The zero-order chi connectivity index (χ0) is 20.1. The smallest absolute Gasteiger partial charge is 0.354 e. The molecule has 0 saturated carbocycles. The predicted molar refractivity (Wildman–Crippen MR) is 105 cm³/mol. The van der Waals surface area contributed by atoms with Crippen LogP contribution in [0.3, 0.4) is 0 Å². The van der Waals surface area contributed by atoms with Crippen molar-refractivity contribution in [2.24, 2.45) is 0 Å². The van der Waals surface area contributed by atoms with Crippen LogP contribution in [0.2, 0.25) is 5.02 Å². The van der Waals surface area contributed by atoms with Gasteiger partial charge in [0.2, 0.25) is 0 Å². The lowest BCUT2D eigenvalue weighted by molar-refractivity contribution is 0.0682. The number of rotatable bonds is 4. The van der Waals surface area contributed by atoms with Crippen LogP contribution in [0.5, 0.6) is 0 Å². The summed E-state index contributed by atoms with van der Waals surface area (Å²) in [4.78, 5) is 11.9. The van der Waals surface area contributed by atoms with Gasteiger partial charge in [-0.2, -0.15) is 5.10 Å². The molecule has 144 valence electrons. The molecule has 9 heteroatoms. The fraction of sp³-hybridized carbons (Fsp3) is 0.158. The van der Waals surface area contributed by atoms with Crippen molar-refractivity contribution < 1.29 is 18.3 Å². The van der Waals surface area contributed by atoms with Crippen LogP contribution < -0.4 is 4.31 Å². The van der Waals surface area contributed by atoms with Gasteiger partial charge in [0.1, 0.15) is 5.69 Å². The van der Waals surface area contributed by atoms with E-state index in [-0.39, 0.29) is 17.1 Å². The molecule has 1 aliphatic heterocycles. The van der Waals surface area contributed by atoms with Crippen LogP contribution in [0.4, 0.5) is 5.69 Å². The second-order valence-corrected chi connectivity index (χ2v) is 8.58. The van der Waals surface area contributed by atoms with E-state index in [2.05, 4.69) is 5.10 Å². The summed E-state index contributed by atoms with van der Waals surface area (Å²) in [7, 11) is -3.93. The standard InChI is InChI=1S/C19H16ClN3O4S/c1-2-22-18(19(24)25)15-11-23(16-6-4-3-5-14(16)17(15)21-22)28(26,27)13-9-7-12(20)8-10-13/h3-10H,2,11H2,1H3,(H,24,25). The fourth-order valence-corrected chi connectivity index (χ4v) is 4.98. The normalized spacial score (nSPS) is 13.1. The highest BCUT2D eigenvalue weighted by Crippen LogP contribution is 2.42. The second-order valence-electron chi connectivity index (χ2n) is 6.28. The van der Waals surface area contributed by atoms with Gasteiger partial charge in [-0.05, 0) is 37.3 Å². The van der Waals surface area contributed by atoms with E-state index >= 15 is 0 Å². The van der Waals surface area contributed by atoms with Gasteiger partial charge in [0, 0.05) is 22.7 Å². The molecule has 0 bridgehead atoms. The first-order valence-corrected chi connectivity index (χ1v) is 10.4. The van der Waals surface area contributed by atoms with Gasteiger partial charge in [0.15, 0.2) is 5.69 Å². The molecule has 0 amide bonds. The molecule has 0 saturated heterocycles. The van der Waals surface area contributed by atoms with Gasteiger partial charge in [0.25, 0.3) is 10.0 Å². The van der Waals surface area contributed by atoms with Crippen LogP contribution in [0.1, 0.15) is 23.0 Å². The molecule has 0 aliphatic carbocycles. The van der Waals surface area contributed by atoms with E-state index in [0.29, 0.717) is 34.1 Å². The summed E-state index contributed by atoms with van der Waals surface area (Å²) in [6, 6.07) is 12.8. The average molecular weight is 418 g/mol. The molecular formula is C19H16ClN3O4S. The Morgan fingerprint density at radius 1 is 1.18 bits per heavy atom. The first-order chi connectivity index (χ1) is 13.3. The number of nitrogens with zero attached hydrogens (tertiary/aromatic N) is 3. The molecule has 0 fully saturated rings. The molecule has 1 aliphatic rings. The van der Waals surface area contributed by atoms with Crippen molar-refractivity contribution in [1.82, 2.24) is 9.78 Å². The molecule has 0 atom stereocenters. The highest BCUT2D eigenvalue weighted by molar-refractivity contribution is 7.92. The van der Waals surface area contributed by atoms with Gasteiger partial charge >= 0.3 is 5.97 Å². The number of aromatic nitrogens is 2. The van der Waals surface area contributed by atoms with Crippen molar-refractivity contribution in [2.75, 3.05) is 4.31 Å². The van der Waals surface area contributed by atoms with Gasteiger partial charge in [-0.1, -0.05) is 29.8 Å². The van der Waals surface area contributed by atoms with E-state index in [1.54, 1.807) is 31.2 Å². The lowest BCUT2D eigenvalue weighted by Crippen LogP contribution is -2.33. The largest absolute Gasteiger partial charge is 0.477 e. The molecular weight excluding hydrogens is 402 g/mol. The van der Waals surface area contributed by atoms with Crippen molar-refractivity contribution in [1.29, 1.82) is 0 Å². The Morgan fingerprint density at radius 3 is 2.50 bits per heavy atom. The number of carbonyl (C=O) groups is 1. The van der Waals surface area contributed by atoms with Gasteiger partial charge < -0.3 is 5.11 Å². The van der Waals surface area contributed by atoms with E-state index < -0.39 is 16.0 Å². The molecule has 0 spiro atoms. The average Bonchev–Trinajstić information content (AvgIpc) is 3.06. The quantitative estimate of drug-likeness (QED) is 0.699. The maximum absolute atomic E-state index is 13.3. The molecule has 2 heterocycles. The predicted octanol–water partition coefficient (Wildman–Crippen LogP) is 3.63. The van der Waals surface area contributed by atoms with Crippen molar-refractivity contribution in [2.45, 2.75) is 24.9 Å². The summed E-state index contributed by atoms with van der Waals surface area (Å²) >= 11 is 5.89. The van der Waals surface area contributed by atoms with E-state index in [9.17, 15) is 18.3 Å². The third-order valence-electron chi connectivity index (χ3n) is 4.68. The van der Waals surface area contributed by atoms with Crippen molar-refractivity contribution in [3.8, 4) is 11.3 Å². The van der Waals surface area contributed by atoms with Gasteiger partial charge in [-0.3, -0.25) is 8.99 Å². The number of anilines is 1. The van der Waals surface area contributed by atoms with E-state index in [0.717, 1.165) is 0 Å². The number of halogens is 1. The molecule has 0 unspecified atom stereocenters. The fourth-order valence-electron chi connectivity index (χ4n) is 3.40. The molecule has 0 radical (unpaired) electrons. The number of fused-ring (bicyclic) bond motifs is 3. The summed E-state index contributed by atoms with van der Waals surface area (Å²) < 4.78 is 29.3. The summed E-state index contributed by atoms with van der Waals surface area (Å²) in [6.07, 6.45) is 0. The minimum absolute atomic E-state index is 0.00306. The molecule has 2 aromatic carbocycles. The third-order valence-corrected chi connectivity index (χ3v) is 6.71. The SMILES string of the molecule is CCn1nc2c(c1C(=O)O)CN(S(=O)(=O)c1ccc(Cl)cc1)c1ccccc1-2. The number of sulfonamides is 1. The molecule has 4 rings (SSSR count).